The van der Waals surface area contributed by atoms with Gasteiger partial charge < -0.3 is 4.74 Å². The molecule has 21 heavy (non-hydrogen) atoms. The summed E-state index contributed by atoms with van der Waals surface area (Å²) in [6.45, 7) is 0. The van der Waals surface area contributed by atoms with Gasteiger partial charge in [0.1, 0.15) is 12.0 Å². The lowest BCUT2D eigenvalue weighted by atomic mass is 10.1. The van der Waals surface area contributed by atoms with E-state index >= 15 is 0 Å². The molecule has 0 unspecified atom stereocenters. The minimum Gasteiger partial charge on any atom is -0.439 e. The molecule has 4 nitrogen and oxygen atoms in total. The van der Waals surface area contributed by atoms with Gasteiger partial charge in [0.2, 0.25) is 5.88 Å². The molecule has 0 aliphatic rings. The third kappa shape index (κ3) is 2.72. The zero-order valence-corrected chi connectivity index (χ0v) is 11.0. The molecule has 0 radical (unpaired) electrons. The van der Waals surface area contributed by atoms with Crippen molar-refractivity contribution in [3.63, 3.8) is 0 Å². The summed E-state index contributed by atoms with van der Waals surface area (Å²) in [5.41, 5.74) is 1.89. The summed E-state index contributed by atoms with van der Waals surface area (Å²) in [7, 11) is 0. The molecule has 3 aromatic rings. The summed E-state index contributed by atoms with van der Waals surface area (Å²) in [6, 6.07) is 17.8. The molecule has 0 N–H and O–H groups in total. The number of carbonyl (C=O) groups is 1. The third-order valence-electron chi connectivity index (χ3n) is 3.01. The first-order valence-electron chi connectivity index (χ1n) is 6.32. The Hall–Kier alpha value is -3.19. The van der Waals surface area contributed by atoms with E-state index in [0.717, 1.165) is 17.2 Å². The smallest absolute Gasteiger partial charge is 0.219 e. The number of benzene rings is 2. The van der Waals surface area contributed by atoms with E-state index in [1.54, 1.807) is 48.5 Å². The minimum atomic E-state index is 0.440. The summed E-state index contributed by atoms with van der Waals surface area (Å²) in [6.07, 6.45) is 0.768. The Balaban J connectivity index is 1.94. The highest BCUT2D eigenvalue weighted by Crippen LogP contribution is 2.23. The molecule has 0 bridgehead atoms. The molecule has 0 saturated heterocycles. The molecule has 0 amide bonds. The second-order valence-electron chi connectivity index (χ2n) is 4.46. The van der Waals surface area contributed by atoms with Crippen LogP contribution in [-0.4, -0.2) is 11.3 Å². The van der Waals surface area contributed by atoms with Crippen LogP contribution in [0.15, 0.2) is 54.6 Å². The van der Waals surface area contributed by atoms with Gasteiger partial charge >= 0.3 is 0 Å². The molecular weight excluding hydrogens is 264 g/mol. The molecule has 0 fully saturated rings. The Morgan fingerprint density at radius 1 is 1.10 bits per heavy atom. The predicted molar refractivity (Wildman–Crippen MR) is 78.4 cm³/mol. The van der Waals surface area contributed by atoms with Crippen molar-refractivity contribution < 1.29 is 9.53 Å². The summed E-state index contributed by atoms with van der Waals surface area (Å²) < 4.78 is 5.65. The van der Waals surface area contributed by atoms with Crippen molar-refractivity contribution >= 4 is 17.2 Å². The maximum Gasteiger partial charge on any atom is 0.219 e. The molecule has 0 aliphatic carbocycles. The molecule has 0 atom stereocenters. The molecule has 0 saturated carbocycles. The van der Waals surface area contributed by atoms with Crippen molar-refractivity contribution in [2.45, 2.75) is 0 Å². The highest BCUT2D eigenvalue weighted by Gasteiger charge is 2.03. The standard InChI is InChI=1S/C17H10N2O2/c18-10-12-4-6-16-14(8-12)5-7-17(19-16)21-15-3-1-2-13(9-15)11-20/h1-9,11H. The Morgan fingerprint density at radius 3 is 2.81 bits per heavy atom. The van der Waals surface area contributed by atoms with Crippen LogP contribution in [0.4, 0.5) is 0 Å². The van der Waals surface area contributed by atoms with Crippen LogP contribution in [0.2, 0.25) is 0 Å². The van der Waals surface area contributed by atoms with Gasteiger partial charge in [-0.3, -0.25) is 4.79 Å². The maximum absolute atomic E-state index is 10.7. The predicted octanol–water partition coefficient (Wildman–Crippen LogP) is 3.71. The number of pyridine rings is 1. The number of ether oxygens (including phenoxy) is 1. The van der Waals surface area contributed by atoms with E-state index in [9.17, 15) is 4.79 Å². The SMILES string of the molecule is N#Cc1ccc2nc(Oc3cccc(C=O)c3)ccc2c1. The van der Waals surface area contributed by atoms with Gasteiger partial charge in [0.05, 0.1) is 17.1 Å². The lowest BCUT2D eigenvalue weighted by Gasteiger charge is -2.06. The van der Waals surface area contributed by atoms with E-state index in [-0.39, 0.29) is 0 Å². The van der Waals surface area contributed by atoms with Gasteiger partial charge in [-0.2, -0.15) is 5.26 Å². The number of aldehydes is 1. The van der Waals surface area contributed by atoms with Gasteiger partial charge in [-0.25, -0.2) is 4.98 Å². The lowest BCUT2D eigenvalue weighted by molar-refractivity contribution is 0.112. The summed E-state index contributed by atoms with van der Waals surface area (Å²) in [5, 5.41) is 9.75. The second-order valence-corrected chi connectivity index (χ2v) is 4.46. The van der Waals surface area contributed by atoms with E-state index in [1.165, 1.54) is 0 Å². The van der Waals surface area contributed by atoms with Crippen LogP contribution >= 0.6 is 0 Å². The number of nitriles is 1. The highest BCUT2D eigenvalue weighted by atomic mass is 16.5. The van der Waals surface area contributed by atoms with Crippen LogP contribution in [0.25, 0.3) is 10.9 Å². The first kappa shape index (κ1) is 12.8. The Bertz CT molecular complexity index is 866. The third-order valence-corrected chi connectivity index (χ3v) is 3.01. The molecule has 3 rings (SSSR count). The minimum absolute atomic E-state index is 0.440. The highest BCUT2D eigenvalue weighted by molar-refractivity contribution is 5.80. The number of hydrogen-bond acceptors (Lipinski definition) is 4. The van der Waals surface area contributed by atoms with Crippen molar-refractivity contribution in [1.29, 1.82) is 5.26 Å². The van der Waals surface area contributed by atoms with E-state index in [1.807, 2.05) is 6.07 Å². The molecular formula is C17H10N2O2. The quantitative estimate of drug-likeness (QED) is 0.683. The van der Waals surface area contributed by atoms with E-state index in [2.05, 4.69) is 11.1 Å². The van der Waals surface area contributed by atoms with Crippen LogP contribution in [0, 0.1) is 11.3 Å². The fourth-order valence-corrected chi connectivity index (χ4v) is 2.01. The zero-order chi connectivity index (χ0) is 14.7. The molecule has 0 aliphatic heterocycles. The van der Waals surface area contributed by atoms with Crippen molar-refractivity contribution in [2.75, 3.05) is 0 Å². The van der Waals surface area contributed by atoms with Crippen molar-refractivity contribution in [2.24, 2.45) is 0 Å². The number of hydrogen-bond donors (Lipinski definition) is 0. The average Bonchev–Trinajstić information content (AvgIpc) is 2.54. The fraction of sp³-hybridized carbons (Fsp3) is 0. The van der Waals surface area contributed by atoms with E-state index < -0.39 is 0 Å². The average molecular weight is 274 g/mol. The number of carbonyl (C=O) groups excluding carboxylic acids is 1. The molecule has 2 aromatic carbocycles. The number of fused-ring (bicyclic) bond motifs is 1. The van der Waals surface area contributed by atoms with Crippen molar-refractivity contribution in [1.82, 2.24) is 4.98 Å². The number of aromatic nitrogens is 1. The topological polar surface area (TPSA) is 63.0 Å². The monoisotopic (exact) mass is 274 g/mol. The van der Waals surface area contributed by atoms with Crippen LogP contribution in [0.5, 0.6) is 11.6 Å². The number of nitrogens with zero attached hydrogens (tertiary/aromatic N) is 2. The van der Waals surface area contributed by atoms with Crippen LogP contribution in [0.3, 0.4) is 0 Å². The molecule has 1 heterocycles. The molecule has 0 spiro atoms. The van der Waals surface area contributed by atoms with Gasteiger partial charge in [0.15, 0.2) is 0 Å². The summed E-state index contributed by atoms with van der Waals surface area (Å²) >= 11 is 0. The Morgan fingerprint density at radius 2 is 2.00 bits per heavy atom. The zero-order valence-electron chi connectivity index (χ0n) is 11.0. The van der Waals surface area contributed by atoms with Gasteiger partial charge in [-0.1, -0.05) is 12.1 Å². The van der Waals surface area contributed by atoms with Crippen LogP contribution in [-0.2, 0) is 0 Å². The number of rotatable bonds is 3. The van der Waals surface area contributed by atoms with Gasteiger partial charge in [0, 0.05) is 17.0 Å². The Kier molecular flexibility index (Phi) is 3.32. The largest absolute Gasteiger partial charge is 0.439 e. The molecule has 1 aromatic heterocycles. The molecule has 4 heteroatoms. The van der Waals surface area contributed by atoms with Gasteiger partial charge in [-0.05, 0) is 36.4 Å². The summed E-state index contributed by atoms with van der Waals surface area (Å²) in [5.74, 6) is 0.996. The lowest BCUT2D eigenvalue weighted by Crippen LogP contribution is -1.90. The van der Waals surface area contributed by atoms with Crippen molar-refractivity contribution in [3.05, 3.63) is 65.7 Å². The van der Waals surface area contributed by atoms with Crippen LogP contribution < -0.4 is 4.74 Å². The maximum atomic E-state index is 10.7. The molecule has 100 valence electrons. The summed E-state index contributed by atoms with van der Waals surface area (Å²) in [4.78, 5) is 15.1. The first-order chi connectivity index (χ1) is 10.3. The van der Waals surface area contributed by atoms with Gasteiger partial charge in [-0.15, -0.1) is 0 Å². The van der Waals surface area contributed by atoms with E-state index in [4.69, 9.17) is 10.00 Å². The second kappa shape index (κ2) is 5.43. The Labute approximate surface area is 121 Å². The normalized spacial score (nSPS) is 10.0. The van der Waals surface area contributed by atoms with Crippen molar-refractivity contribution in [3.8, 4) is 17.7 Å². The fourth-order valence-electron chi connectivity index (χ4n) is 2.01. The first-order valence-corrected chi connectivity index (χ1v) is 6.32. The van der Waals surface area contributed by atoms with E-state index in [0.29, 0.717) is 22.8 Å². The van der Waals surface area contributed by atoms with Crippen LogP contribution in [0.1, 0.15) is 15.9 Å². The van der Waals surface area contributed by atoms with Gasteiger partial charge in [0.25, 0.3) is 0 Å².